The van der Waals surface area contributed by atoms with Gasteiger partial charge in [0.15, 0.2) is 0 Å². The van der Waals surface area contributed by atoms with Gasteiger partial charge < -0.3 is 16.4 Å². The molecular formula is C16H17N3OS. The monoisotopic (exact) mass is 299 g/mol. The Bertz CT molecular complexity index is 642. The first kappa shape index (κ1) is 13.8. The zero-order valence-corrected chi connectivity index (χ0v) is 12.3. The second-order valence-corrected chi connectivity index (χ2v) is 6.01. The molecule has 5 heteroatoms. The molecule has 3 rings (SSSR count). The lowest BCUT2D eigenvalue weighted by Gasteiger charge is -2.27. The molecule has 0 bridgehead atoms. The third kappa shape index (κ3) is 3.31. The van der Waals surface area contributed by atoms with Crippen LogP contribution < -0.4 is 16.4 Å². The van der Waals surface area contributed by atoms with Crippen molar-refractivity contribution in [3.8, 4) is 0 Å². The van der Waals surface area contributed by atoms with Gasteiger partial charge in [-0.05, 0) is 35.4 Å². The van der Waals surface area contributed by atoms with Crippen molar-refractivity contribution < 1.29 is 4.79 Å². The molecule has 1 unspecified atom stereocenters. The molecule has 108 valence electrons. The Morgan fingerprint density at radius 3 is 2.57 bits per heavy atom. The Hall–Kier alpha value is -2.14. The molecule has 0 fully saturated rings. The molecule has 0 saturated heterocycles. The van der Waals surface area contributed by atoms with Crippen LogP contribution in [0.3, 0.4) is 0 Å². The Kier molecular flexibility index (Phi) is 4.01. The zero-order valence-electron chi connectivity index (χ0n) is 11.5. The summed E-state index contributed by atoms with van der Waals surface area (Å²) in [7, 11) is 0. The average molecular weight is 299 g/mol. The van der Waals surface area contributed by atoms with E-state index in [2.05, 4.69) is 34.9 Å². The highest BCUT2D eigenvalue weighted by Crippen LogP contribution is 2.33. The molecule has 2 aromatic rings. The predicted molar refractivity (Wildman–Crippen MR) is 88.6 cm³/mol. The van der Waals surface area contributed by atoms with Gasteiger partial charge in [0.25, 0.3) is 0 Å². The average Bonchev–Trinajstić information content (AvgIpc) is 2.49. The van der Waals surface area contributed by atoms with Gasteiger partial charge in [-0.25, -0.2) is 4.79 Å². The second-order valence-electron chi connectivity index (χ2n) is 4.98. The minimum Gasteiger partial charge on any atom is -0.377 e. The van der Waals surface area contributed by atoms with Gasteiger partial charge in [-0.3, -0.25) is 0 Å². The smallest absolute Gasteiger partial charge is 0.316 e. The lowest BCUT2D eigenvalue weighted by molar-refractivity contribution is 0.259. The Balaban J connectivity index is 1.74. The molecule has 4 nitrogen and oxygen atoms in total. The molecule has 0 aromatic heterocycles. The SMILES string of the molecule is NC(=O)Nc1ccc(NC2CSCc3ccccc32)cc1. The predicted octanol–water partition coefficient (Wildman–Crippen LogP) is 3.58. The van der Waals surface area contributed by atoms with E-state index in [1.807, 2.05) is 36.0 Å². The van der Waals surface area contributed by atoms with E-state index in [9.17, 15) is 4.79 Å². The number of nitrogens with two attached hydrogens (primary N) is 1. The van der Waals surface area contributed by atoms with Crippen LogP contribution in [0.5, 0.6) is 0 Å². The van der Waals surface area contributed by atoms with Crippen molar-refractivity contribution in [2.45, 2.75) is 11.8 Å². The first-order valence-corrected chi connectivity index (χ1v) is 7.96. The number of benzene rings is 2. The highest BCUT2D eigenvalue weighted by atomic mass is 32.2. The molecule has 1 heterocycles. The number of fused-ring (bicyclic) bond motifs is 1. The molecule has 0 spiro atoms. The van der Waals surface area contributed by atoms with E-state index in [4.69, 9.17) is 5.73 Å². The number of carbonyl (C=O) groups is 1. The normalized spacial score (nSPS) is 16.9. The van der Waals surface area contributed by atoms with Gasteiger partial charge in [-0.15, -0.1) is 0 Å². The summed E-state index contributed by atoms with van der Waals surface area (Å²) in [6.07, 6.45) is 0. The van der Waals surface area contributed by atoms with Crippen LogP contribution >= 0.6 is 11.8 Å². The third-order valence-electron chi connectivity index (χ3n) is 3.47. The van der Waals surface area contributed by atoms with Crippen molar-refractivity contribution in [2.75, 3.05) is 16.4 Å². The summed E-state index contributed by atoms with van der Waals surface area (Å²) in [5.74, 6) is 2.13. The summed E-state index contributed by atoms with van der Waals surface area (Å²) >= 11 is 1.94. The maximum atomic E-state index is 10.8. The molecule has 1 aliphatic heterocycles. The number of primary amides is 1. The highest BCUT2D eigenvalue weighted by Gasteiger charge is 2.19. The van der Waals surface area contributed by atoms with Crippen LogP contribution in [0, 0.1) is 0 Å². The standard InChI is InChI=1S/C16H17N3OS/c17-16(20)19-13-7-5-12(6-8-13)18-15-10-21-9-11-3-1-2-4-14(11)15/h1-8,15,18H,9-10H2,(H3,17,19,20). The number of hydrogen-bond acceptors (Lipinski definition) is 3. The van der Waals surface area contributed by atoms with Crippen LogP contribution in [0.1, 0.15) is 17.2 Å². The maximum absolute atomic E-state index is 10.8. The number of anilines is 2. The van der Waals surface area contributed by atoms with Crippen molar-refractivity contribution in [1.29, 1.82) is 0 Å². The van der Waals surface area contributed by atoms with Gasteiger partial charge in [0.2, 0.25) is 0 Å². The lowest BCUT2D eigenvalue weighted by atomic mass is 10.0. The van der Waals surface area contributed by atoms with Gasteiger partial charge in [0.1, 0.15) is 0 Å². The van der Waals surface area contributed by atoms with Crippen molar-refractivity contribution in [2.24, 2.45) is 5.73 Å². The van der Waals surface area contributed by atoms with Gasteiger partial charge in [0.05, 0.1) is 6.04 Å². The number of urea groups is 1. The summed E-state index contributed by atoms with van der Waals surface area (Å²) in [5, 5.41) is 6.11. The van der Waals surface area contributed by atoms with Crippen LogP contribution in [0.25, 0.3) is 0 Å². The molecule has 0 saturated carbocycles. The molecule has 1 atom stereocenters. The first-order chi connectivity index (χ1) is 10.2. The van der Waals surface area contributed by atoms with Crippen LogP contribution in [0.4, 0.5) is 16.2 Å². The van der Waals surface area contributed by atoms with Gasteiger partial charge in [-0.1, -0.05) is 24.3 Å². The summed E-state index contributed by atoms with van der Waals surface area (Å²) in [6, 6.07) is 15.9. The highest BCUT2D eigenvalue weighted by molar-refractivity contribution is 7.98. The molecule has 4 N–H and O–H groups in total. The van der Waals surface area contributed by atoms with E-state index in [0.29, 0.717) is 11.7 Å². The second kappa shape index (κ2) is 6.10. The topological polar surface area (TPSA) is 67.2 Å². The molecule has 1 aliphatic rings. The van der Waals surface area contributed by atoms with Crippen LogP contribution in [-0.4, -0.2) is 11.8 Å². The van der Waals surface area contributed by atoms with Crippen molar-refractivity contribution >= 4 is 29.2 Å². The number of amides is 2. The van der Waals surface area contributed by atoms with Crippen LogP contribution in [-0.2, 0) is 5.75 Å². The van der Waals surface area contributed by atoms with Gasteiger partial charge in [-0.2, -0.15) is 11.8 Å². The number of rotatable bonds is 3. The maximum Gasteiger partial charge on any atom is 0.316 e. The largest absolute Gasteiger partial charge is 0.377 e. The van der Waals surface area contributed by atoms with E-state index in [0.717, 1.165) is 17.2 Å². The molecule has 0 aliphatic carbocycles. The summed E-state index contributed by atoms with van der Waals surface area (Å²) < 4.78 is 0. The van der Waals surface area contributed by atoms with Crippen LogP contribution in [0.15, 0.2) is 48.5 Å². The van der Waals surface area contributed by atoms with Crippen LogP contribution in [0.2, 0.25) is 0 Å². The fourth-order valence-corrected chi connectivity index (χ4v) is 3.59. The van der Waals surface area contributed by atoms with Gasteiger partial charge in [0, 0.05) is 22.9 Å². The van der Waals surface area contributed by atoms with Crippen molar-refractivity contribution in [1.82, 2.24) is 0 Å². The van der Waals surface area contributed by atoms with Crippen molar-refractivity contribution in [3.05, 3.63) is 59.7 Å². The van der Waals surface area contributed by atoms with E-state index < -0.39 is 6.03 Å². The Morgan fingerprint density at radius 1 is 1.10 bits per heavy atom. The van der Waals surface area contributed by atoms with E-state index in [1.54, 1.807) is 0 Å². The van der Waals surface area contributed by atoms with Gasteiger partial charge >= 0.3 is 6.03 Å². The molecule has 21 heavy (non-hydrogen) atoms. The Morgan fingerprint density at radius 2 is 1.81 bits per heavy atom. The van der Waals surface area contributed by atoms with Crippen molar-refractivity contribution in [3.63, 3.8) is 0 Å². The summed E-state index contributed by atoms with van der Waals surface area (Å²) in [4.78, 5) is 10.8. The van der Waals surface area contributed by atoms with E-state index >= 15 is 0 Å². The lowest BCUT2D eigenvalue weighted by Crippen LogP contribution is -2.20. The summed E-state index contributed by atoms with van der Waals surface area (Å²) in [5.41, 5.74) is 9.60. The number of hydrogen-bond donors (Lipinski definition) is 3. The number of carbonyl (C=O) groups excluding carboxylic acids is 1. The molecule has 0 radical (unpaired) electrons. The molecular weight excluding hydrogens is 282 g/mol. The quantitative estimate of drug-likeness (QED) is 0.811. The number of nitrogens with one attached hydrogen (secondary N) is 2. The third-order valence-corrected chi connectivity index (χ3v) is 4.55. The number of thioether (sulfide) groups is 1. The minimum atomic E-state index is -0.548. The molecule has 2 aromatic carbocycles. The minimum absolute atomic E-state index is 0.315. The van der Waals surface area contributed by atoms with E-state index in [-0.39, 0.29) is 0 Å². The fourth-order valence-electron chi connectivity index (χ4n) is 2.49. The zero-order chi connectivity index (χ0) is 14.7. The summed E-state index contributed by atoms with van der Waals surface area (Å²) in [6.45, 7) is 0. The Labute approximate surface area is 128 Å². The first-order valence-electron chi connectivity index (χ1n) is 6.81. The molecule has 2 amide bonds. The fraction of sp³-hybridized carbons (Fsp3) is 0.188. The van der Waals surface area contributed by atoms with E-state index in [1.165, 1.54) is 11.1 Å².